The van der Waals surface area contributed by atoms with Crippen LogP contribution in [0.2, 0.25) is 0 Å². The molecule has 0 spiro atoms. The molecule has 2 unspecified atom stereocenters. The lowest BCUT2D eigenvalue weighted by molar-refractivity contribution is -0.133. The van der Waals surface area contributed by atoms with Crippen LogP contribution in [-0.4, -0.2) is 53.6 Å². The van der Waals surface area contributed by atoms with Gasteiger partial charge in [0.15, 0.2) is 11.6 Å². The second kappa shape index (κ2) is 7.15. The van der Waals surface area contributed by atoms with Crippen LogP contribution < -0.4 is 0 Å². The number of nitrogens with zero attached hydrogens (tertiary/aromatic N) is 2. The molecule has 4 nitrogen and oxygen atoms in total. The first-order chi connectivity index (χ1) is 10.4. The molecule has 122 valence electrons. The van der Waals surface area contributed by atoms with Crippen LogP contribution in [0.4, 0.5) is 8.78 Å². The van der Waals surface area contributed by atoms with E-state index in [2.05, 4.69) is 0 Å². The Kier molecular flexibility index (Phi) is 5.47. The van der Waals surface area contributed by atoms with Crippen LogP contribution >= 0.6 is 0 Å². The maximum Gasteiger partial charge on any atom is 0.237 e. The van der Waals surface area contributed by atoms with Crippen LogP contribution in [-0.2, 0) is 4.79 Å². The second-order valence-electron chi connectivity index (χ2n) is 5.80. The summed E-state index contributed by atoms with van der Waals surface area (Å²) in [4.78, 5) is 15.9. The fourth-order valence-electron chi connectivity index (χ4n) is 2.81. The minimum absolute atomic E-state index is 0.0379. The number of hydrogen-bond acceptors (Lipinski definition) is 3. The van der Waals surface area contributed by atoms with Gasteiger partial charge in [0.1, 0.15) is 0 Å². The van der Waals surface area contributed by atoms with Crippen molar-refractivity contribution in [2.24, 2.45) is 0 Å². The van der Waals surface area contributed by atoms with E-state index in [-0.39, 0.29) is 31.1 Å². The van der Waals surface area contributed by atoms with Crippen molar-refractivity contribution < 1.29 is 18.7 Å². The van der Waals surface area contributed by atoms with Gasteiger partial charge >= 0.3 is 0 Å². The van der Waals surface area contributed by atoms with Gasteiger partial charge < -0.3 is 10.0 Å². The highest BCUT2D eigenvalue weighted by Crippen LogP contribution is 2.22. The maximum absolute atomic E-state index is 13.3. The molecule has 2 rings (SSSR count). The largest absolute Gasteiger partial charge is 0.395 e. The average Bonchev–Trinajstić information content (AvgIpc) is 2.95. The molecule has 1 aromatic rings. The van der Waals surface area contributed by atoms with E-state index in [1.54, 1.807) is 14.0 Å². The van der Waals surface area contributed by atoms with E-state index >= 15 is 0 Å². The molecule has 1 fully saturated rings. The molecule has 1 aliphatic rings. The first-order valence-corrected chi connectivity index (χ1v) is 7.49. The number of halogens is 2. The van der Waals surface area contributed by atoms with Crippen LogP contribution in [0.1, 0.15) is 31.4 Å². The summed E-state index contributed by atoms with van der Waals surface area (Å²) in [5, 5.41) is 9.29. The van der Waals surface area contributed by atoms with Gasteiger partial charge in [-0.2, -0.15) is 0 Å². The molecule has 0 aromatic heterocycles. The fourth-order valence-corrected chi connectivity index (χ4v) is 2.81. The Morgan fingerprint density at radius 2 is 2.18 bits per heavy atom. The quantitative estimate of drug-likeness (QED) is 0.904. The highest BCUT2D eigenvalue weighted by molar-refractivity contribution is 5.78. The van der Waals surface area contributed by atoms with Crippen LogP contribution in [0.25, 0.3) is 0 Å². The highest BCUT2D eigenvalue weighted by Gasteiger charge is 2.28. The van der Waals surface area contributed by atoms with Crippen LogP contribution in [0.5, 0.6) is 0 Å². The molecule has 1 amide bonds. The Labute approximate surface area is 129 Å². The molecule has 6 heteroatoms. The third-order valence-electron chi connectivity index (χ3n) is 4.45. The van der Waals surface area contributed by atoms with Crippen molar-refractivity contribution in [3.05, 3.63) is 35.4 Å². The van der Waals surface area contributed by atoms with Gasteiger partial charge in [0.25, 0.3) is 0 Å². The van der Waals surface area contributed by atoms with E-state index in [1.807, 2.05) is 4.90 Å². The Bertz CT molecular complexity index is 539. The van der Waals surface area contributed by atoms with Crippen LogP contribution in [0, 0.1) is 11.6 Å². The zero-order valence-electron chi connectivity index (χ0n) is 12.9. The standard InChI is InChI=1S/C16H22F2N2O2/c1-11(12-5-6-14(17)15(18)8-12)19(2)16(22)9-20-7-3-4-13(20)10-21/h5-6,8,11,13,21H,3-4,7,9-10H2,1-2H3. The topological polar surface area (TPSA) is 43.8 Å². The molecule has 0 saturated carbocycles. The van der Waals surface area contributed by atoms with Gasteiger partial charge in [-0.3, -0.25) is 9.69 Å². The van der Waals surface area contributed by atoms with E-state index in [1.165, 1.54) is 11.0 Å². The van der Waals surface area contributed by atoms with Crippen molar-refractivity contribution in [2.45, 2.75) is 31.8 Å². The summed E-state index contributed by atoms with van der Waals surface area (Å²) in [6.45, 7) is 2.86. The van der Waals surface area contributed by atoms with Crippen molar-refractivity contribution in [2.75, 3.05) is 26.7 Å². The van der Waals surface area contributed by atoms with Crippen molar-refractivity contribution in [1.82, 2.24) is 9.80 Å². The van der Waals surface area contributed by atoms with Crippen LogP contribution in [0.15, 0.2) is 18.2 Å². The SMILES string of the molecule is CC(c1ccc(F)c(F)c1)N(C)C(=O)CN1CCCC1CO. The van der Waals surface area contributed by atoms with Gasteiger partial charge in [-0.1, -0.05) is 6.07 Å². The summed E-state index contributed by atoms with van der Waals surface area (Å²) < 4.78 is 26.3. The van der Waals surface area contributed by atoms with E-state index in [0.29, 0.717) is 5.56 Å². The molecule has 2 atom stereocenters. The first-order valence-electron chi connectivity index (χ1n) is 7.49. The number of carbonyl (C=O) groups is 1. The average molecular weight is 312 g/mol. The van der Waals surface area contributed by atoms with Gasteiger partial charge in [0.05, 0.1) is 19.2 Å². The van der Waals surface area contributed by atoms with E-state index in [0.717, 1.165) is 31.5 Å². The number of likely N-dealkylation sites (N-methyl/N-ethyl adjacent to an activating group) is 1. The number of benzene rings is 1. The first kappa shape index (κ1) is 16.8. The minimum atomic E-state index is -0.912. The number of carbonyl (C=O) groups excluding carboxylic acids is 1. The summed E-state index contributed by atoms with van der Waals surface area (Å²) in [5.74, 6) is -1.91. The molecule has 1 saturated heterocycles. The van der Waals surface area contributed by atoms with E-state index in [9.17, 15) is 18.7 Å². The smallest absolute Gasteiger partial charge is 0.237 e. The van der Waals surface area contributed by atoms with Gasteiger partial charge in [0.2, 0.25) is 5.91 Å². The summed E-state index contributed by atoms with van der Waals surface area (Å²) in [5.41, 5.74) is 0.551. The predicted octanol–water partition coefficient (Wildman–Crippen LogP) is 1.94. The molecular weight excluding hydrogens is 290 g/mol. The summed E-state index contributed by atoms with van der Waals surface area (Å²) in [6.07, 6.45) is 1.87. The monoisotopic (exact) mass is 312 g/mol. The normalized spacial score (nSPS) is 20.1. The third kappa shape index (κ3) is 3.62. The number of hydrogen-bond donors (Lipinski definition) is 1. The lowest BCUT2D eigenvalue weighted by Gasteiger charge is -2.29. The molecule has 1 heterocycles. The van der Waals surface area contributed by atoms with E-state index < -0.39 is 11.6 Å². The lowest BCUT2D eigenvalue weighted by Crippen LogP contribution is -2.42. The second-order valence-corrected chi connectivity index (χ2v) is 5.80. The highest BCUT2D eigenvalue weighted by atomic mass is 19.2. The zero-order chi connectivity index (χ0) is 16.3. The molecule has 1 N–H and O–H groups in total. The molecule has 0 radical (unpaired) electrons. The maximum atomic E-state index is 13.3. The van der Waals surface area contributed by atoms with Crippen molar-refractivity contribution in [1.29, 1.82) is 0 Å². The summed E-state index contributed by atoms with van der Waals surface area (Å²) in [7, 11) is 1.65. The van der Waals surface area contributed by atoms with E-state index in [4.69, 9.17) is 0 Å². The zero-order valence-corrected chi connectivity index (χ0v) is 12.9. The molecule has 1 aliphatic heterocycles. The van der Waals surface area contributed by atoms with Crippen molar-refractivity contribution >= 4 is 5.91 Å². The molecule has 1 aromatic carbocycles. The fraction of sp³-hybridized carbons (Fsp3) is 0.562. The molecule has 0 bridgehead atoms. The summed E-state index contributed by atoms with van der Waals surface area (Å²) >= 11 is 0. The van der Waals surface area contributed by atoms with Crippen molar-refractivity contribution in [3.63, 3.8) is 0 Å². The van der Waals surface area contributed by atoms with Gasteiger partial charge in [-0.05, 0) is 44.0 Å². The molecule has 22 heavy (non-hydrogen) atoms. The number of rotatable bonds is 5. The third-order valence-corrected chi connectivity index (χ3v) is 4.45. The number of likely N-dealkylation sites (tertiary alicyclic amines) is 1. The lowest BCUT2D eigenvalue weighted by atomic mass is 10.1. The van der Waals surface area contributed by atoms with Gasteiger partial charge in [-0.15, -0.1) is 0 Å². The minimum Gasteiger partial charge on any atom is -0.395 e. The number of amides is 1. The Balaban J connectivity index is 2.01. The van der Waals surface area contributed by atoms with Gasteiger partial charge in [0, 0.05) is 13.1 Å². The van der Waals surface area contributed by atoms with Crippen LogP contribution in [0.3, 0.4) is 0 Å². The number of aliphatic hydroxyl groups is 1. The summed E-state index contributed by atoms with van der Waals surface area (Å²) in [6, 6.07) is 3.37. The molecular formula is C16H22F2N2O2. The Morgan fingerprint density at radius 1 is 1.45 bits per heavy atom. The van der Waals surface area contributed by atoms with Gasteiger partial charge in [-0.25, -0.2) is 8.78 Å². The predicted molar refractivity (Wildman–Crippen MR) is 79.2 cm³/mol. The molecule has 0 aliphatic carbocycles. The Hall–Kier alpha value is -1.53. The van der Waals surface area contributed by atoms with Crippen molar-refractivity contribution in [3.8, 4) is 0 Å². The Morgan fingerprint density at radius 3 is 2.82 bits per heavy atom. The number of aliphatic hydroxyl groups excluding tert-OH is 1.